The van der Waals surface area contributed by atoms with E-state index in [1.807, 2.05) is 0 Å². The van der Waals surface area contributed by atoms with Crippen molar-refractivity contribution in [2.75, 3.05) is 10.6 Å². The Labute approximate surface area is 86.5 Å². The monoisotopic (exact) mass is 260 g/mol. The number of nitro groups is 1. The summed E-state index contributed by atoms with van der Waals surface area (Å²) in [6, 6.07) is 2.90. The molecule has 0 unspecified atom stereocenters. The molecule has 0 aliphatic carbocycles. The molecular weight excluding hydrogens is 256 g/mol. The third kappa shape index (κ3) is 1.29. The molecule has 14 heavy (non-hydrogen) atoms. The Morgan fingerprint density at radius 1 is 1.57 bits per heavy atom. The van der Waals surface area contributed by atoms with Crippen molar-refractivity contribution >= 4 is 33.0 Å². The zero-order valence-corrected chi connectivity index (χ0v) is 8.28. The van der Waals surface area contributed by atoms with Gasteiger partial charge in [-0.2, -0.15) is 5.17 Å². The Kier molecular flexibility index (Phi) is 2.02. The molecule has 0 radical (unpaired) electrons. The lowest BCUT2D eigenvalue weighted by Crippen LogP contribution is -2.32. The molecule has 74 valence electrons. The van der Waals surface area contributed by atoms with Gasteiger partial charge in [-0.1, -0.05) is 15.9 Å². The first-order chi connectivity index (χ1) is 6.59. The third-order valence-electron chi connectivity index (χ3n) is 1.77. The molecule has 0 saturated carbocycles. The van der Waals surface area contributed by atoms with Crippen LogP contribution >= 0.6 is 15.9 Å². The van der Waals surface area contributed by atoms with E-state index >= 15 is 0 Å². The number of nitrogens with one attached hydrogen (secondary N) is 2. The van der Waals surface area contributed by atoms with Gasteiger partial charge in [0.15, 0.2) is 5.69 Å². The van der Waals surface area contributed by atoms with Gasteiger partial charge < -0.3 is 0 Å². The van der Waals surface area contributed by atoms with Gasteiger partial charge in [-0.15, -0.1) is 5.53 Å². The van der Waals surface area contributed by atoms with E-state index in [2.05, 4.69) is 26.9 Å². The number of hydrazine groups is 2. The number of nitrogens with zero attached hydrogens (tertiary/aromatic N) is 2. The number of fused-ring (bicyclic) bond motifs is 1. The maximum absolute atomic E-state index is 10.6. The van der Waals surface area contributed by atoms with Crippen molar-refractivity contribution in [1.29, 1.82) is 0 Å². The second kappa shape index (κ2) is 3.08. The van der Waals surface area contributed by atoms with Crippen LogP contribution in [-0.4, -0.2) is 10.1 Å². The van der Waals surface area contributed by atoms with Crippen molar-refractivity contribution in [3.8, 4) is 0 Å². The Bertz CT molecular complexity index is 410. The minimum Gasteiger partial charge on any atom is -0.294 e. The molecule has 0 atom stereocenters. The highest BCUT2D eigenvalue weighted by Crippen LogP contribution is 2.39. The Balaban J connectivity index is 2.63. The summed E-state index contributed by atoms with van der Waals surface area (Å²) in [5.74, 6) is 0. The molecule has 0 saturated heterocycles. The van der Waals surface area contributed by atoms with E-state index in [0.29, 0.717) is 15.3 Å². The lowest BCUT2D eigenvalue weighted by molar-refractivity contribution is -0.383. The molecule has 1 aromatic carbocycles. The topological polar surface area (TPSA) is 90.7 Å². The Morgan fingerprint density at radius 2 is 2.29 bits per heavy atom. The van der Waals surface area contributed by atoms with E-state index in [9.17, 15) is 15.3 Å². The molecule has 0 fully saturated rings. The van der Waals surface area contributed by atoms with Gasteiger partial charge >= 0.3 is 0 Å². The van der Waals surface area contributed by atoms with Crippen LogP contribution in [0.5, 0.6) is 0 Å². The van der Waals surface area contributed by atoms with Gasteiger partial charge in [-0.25, -0.2) is 0 Å². The standard InChI is InChI=1S/C6H5BrN4O3/c7-3-1-4-6(8-9-10(4)12)5(2-3)11(13)14/h1-2,8-9,12H. The summed E-state index contributed by atoms with van der Waals surface area (Å²) in [5, 5.41) is 20.5. The van der Waals surface area contributed by atoms with Crippen molar-refractivity contribution in [1.82, 2.24) is 5.53 Å². The molecule has 0 bridgehead atoms. The minimum atomic E-state index is -0.530. The number of rotatable bonds is 1. The molecule has 0 spiro atoms. The molecule has 1 aliphatic rings. The zero-order chi connectivity index (χ0) is 10.3. The van der Waals surface area contributed by atoms with Crippen molar-refractivity contribution in [3.05, 3.63) is 26.7 Å². The molecule has 7 nitrogen and oxygen atoms in total. The average Bonchev–Trinajstić information content (AvgIpc) is 2.47. The fourth-order valence-corrected chi connectivity index (χ4v) is 1.62. The fraction of sp³-hybridized carbons (Fsp3) is 0. The van der Waals surface area contributed by atoms with Crippen LogP contribution in [-0.2, 0) is 0 Å². The molecule has 8 heteroatoms. The molecule has 2 rings (SSSR count). The summed E-state index contributed by atoms with van der Waals surface area (Å²) >= 11 is 3.11. The largest absolute Gasteiger partial charge is 0.297 e. The van der Waals surface area contributed by atoms with Crippen LogP contribution in [0.25, 0.3) is 0 Å². The van der Waals surface area contributed by atoms with Gasteiger partial charge in [0, 0.05) is 10.5 Å². The molecule has 0 aromatic heterocycles. The van der Waals surface area contributed by atoms with E-state index < -0.39 is 4.92 Å². The summed E-state index contributed by atoms with van der Waals surface area (Å²) < 4.78 is 0.521. The molecule has 1 aliphatic heterocycles. The molecule has 1 heterocycles. The first-order valence-electron chi connectivity index (χ1n) is 3.58. The lowest BCUT2D eigenvalue weighted by Gasteiger charge is -2.06. The fourth-order valence-electron chi connectivity index (χ4n) is 1.19. The van der Waals surface area contributed by atoms with Crippen molar-refractivity contribution in [3.63, 3.8) is 0 Å². The predicted molar refractivity (Wildman–Crippen MR) is 51.8 cm³/mol. The quantitative estimate of drug-likeness (QED) is 0.522. The lowest BCUT2D eigenvalue weighted by atomic mass is 10.2. The van der Waals surface area contributed by atoms with Gasteiger partial charge in [0.25, 0.3) is 5.69 Å². The van der Waals surface area contributed by atoms with Gasteiger partial charge in [0.2, 0.25) is 0 Å². The normalized spacial score (nSPS) is 13.7. The Hall–Kier alpha value is -1.38. The summed E-state index contributed by atoms with van der Waals surface area (Å²) in [6.07, 6.45) is 0. The Morgan fingerprint density at radius 3 is 2.93 bits per heavy atom. The zero-order valence-electron chi connectivity index (χ0n) is 6.69. The van der Waals surface area contributed by atoms with Crippen LogP contribution in [0.2, 0.25) is 0 Å². The van der Waals surface area contributed by atoms with Gasteiger partial charge in [0.05, 0.1) is 4.92 Å². The second-order valence-electron chi connectivity index (χ2n) is 2.62. The molecule has 0 amide bonds. The second-order valence-corrected chi connectivity index (χ2v) is 3.54. The number of hydrogen-bond acceptors (Lipinski definition) is 6. The van der Waals surface area contributed by atoms with E-state index in [0.717, 1.165) is 0 Å². The van der Waals surface area contributed by atoms with Crippen LogP contribution in [0.15, 0.2) is 16.6 Å². The van der Waals surface area contributed by atoms with E-state index in [1.54, 1.807) is 6.07 Å². The summed E-state index contributed by atoms with van der Waals surface area (Å²) in [7, 11) is 0. The smallest absolute Gasteiger partial charge is 0.294 e. The van der Waals surface area contributed by atoms with Crippen molar-refractivity contribution in [2.45, 2.75) is 0 Å². The highest BCUT2D eigenvalue weighted by Gasteiger charge is 2.27. The van der Waals surface area contributed by atoms with E-state index in [4.69, 9.17) is 0 Å². The number of benzene rings is 1. The maximum atomic E-state index is 10.6. The van der Waals surface area contributed by atoms with E-state index in [-0.39, 0.29) is 11.4 Å². The molecule has 1 aromatic rings. The van der Waals surface area contributed by atoms with Crippen LogP contribution in [0.3, 0.4) is 0 Å². The average molecular weight is 261 g/mol. The SMILES string of the molecule is O=[N+]([O-])c1cc(Br)cc2c1NNN2O. The number of halogens is 1. The number of nitro benzene ring substituents is 1. The highest BCUT2D eigenvalue weighted by molar-refractivity contribution is 9.10. The maximum Gasteiger partial charge on any atom is 0.297 e. The minimum absolute atomic E-state index is 0.113. The van der Waals surface area contributed by atoms with Crippen molar-refractivity contribution < 1.29 is 10.1 Å². The summed E-state index contributed by atoms with van der Waals surface area (Å²) in [4.78, 5) is 10.1. The van der Waals surface area contributed by atoms with Crippen LogP contribution in [0, 0.1) is 10.1 Å². The van der Waals surface area contributed by atoms with Crippen LogP contribution < -0.4 is 16.1 Å². The first-order valence-corrected chi connectivity index (χ1v) is 4.37. The summed E-state index contributed by atoms with van der Waals surface area (Å²) in [6.45, 7) is 0. The number of hydrogen-bond donors (Lipinski definition) is 3. The number of anilines is 2. The molecule has 3 N–H and O–H groups in total. The van der Waals surface area contributed by atoms with Gasteiger partial charge in [-0.3, -0.25) is 20.7 Å². The third-order valence-corrected chi connectivity index (χ3v) is 2.23. The van der Waals surface area contributed by atoms with Gasteiger partial charge in [-0.05, 0) is 6.07 Å². The highest BCUT2D eigenvalue weighted by atomic mass is 79.9. The van der Waals surface area contributed by atoms with Crippen LogP contribution in [0.4, 0.5) is 17.1 Å². The van der Waals surface area contributed by atoms with E-state index in [1.165, 1.54) is 6.07 Å². The predicted octanol–water partition coefficient (Wildman–Crippen LogP) is 1.40. The van der Waals surface area contributed by atoms with Crippen LogP contribution in [0.1, 0.15) is 0 Å². The van der Waals surface area contributed by atoms with Gasteiger partial charge in [0.1, 0.15) is 5.69 Å². The van der Waals surface area contributed by atoms with Crippen molar-refractivity contribution in [2.24, 2.45) is 0 Å². The molecular formula is C6H5BrN4O3. The first kappa shape index (κ1) is 9.19. The summed E-state index contributed by atoms with van der Waals surface area (Å²) in [5.41, 5.74) is 5.23.